The van der Waals surface area contributed by atoms with Crippen LogP contribution < -0.4 is 5.32 Å². The van der Waals surface area contributed by atoms with Gasteiger partial charge in [-0.1, -0.05) is 6.92 Å². The van der Waals surface area contributed by atoms with Crippen LogP contribution in [0.5, 0.6) is 0 Å². The number of nitrogens with one attached hydrogen (secondary N) is 1. The number of piperidine rings is 1. The number of esters is 1. The smallest absolute Gasteiger partial charge is 0.305 e. The van der Waals surface area contributed by atoms with Crippen molar-refractivity contribution in [3.63, 3.8) is 0 Å². The van der Waals surface area contributed by atoms with Gasteiger partial charge in [0.2, 0.25) is 0 Å². The van der Waals surface area contributed by atoms with E-state index >= 15 is 0 Å². The molecule has 14 heavy (non-hydrogen) atoms. The first-order chi connectivity index (χ1) is 6.74. The standard InChI is InChI=1S/C11H21NO2/c1-3-14-11(13)5-4-10-8-12-7-6-9(10)2/h9-10,12H,3-8H2,1-2H3/t9-,10+/m0/s1. The minimum atomic E-state index is -0.0507. The van der Waals surface area contributed by atoms with Crippen LogP contribution in [0.25, 0.3) is 0 Å². The molecular formula is C11H21NO2. The zero-order valence-electron chi connectivity index (χ0n) is 9.21. The van der Waals surface area contributed by atoms with Crippen molar-refractivity contribution in [1.29, 1.82) is 0 Å². The molecule has 0 aromatic heterocycles. The molecule has 2 atom stereocenters. The van der Waals surface area contributed by atoms with Crippen molar-refractivity contribution in [3.8, 4) is 0 Å². The third-order valence-corrected chi connectivity index (χ3v) is 3.01. The third kappa shape index (κ3) is 3.66. The molecule has 3 heteroatoms. The fraction of sp³-hybridized carbons (Fsp3) is 0.909. The number of carbonyl (C=O) groups is 1. The molecule has 3 nitrogen and oxygen atoms in total. The van der Waals surface area contributed by atoms with Gasteiger partial charge in [-0.15, -0.1) is 0 Å². The maximum absolute atomic E-state index is 11.1. The first kappa shape index (κ1) is 11.5. The van der Waals surface area contributed by atoms with E-state index in [9.17, 15) is 4.79 Å². The molecular weight excluding hydrogens is 178 g/mol. The van der Waals surface area contributed by atoms with Crippen LogP contribution in [0.2, 0.25) is 0 Å². The Hall–Kier alpha value is -0.570. The van der Waals surface area contributed by atoms with E-state index in [-0.39, 0.29) is 5.97 Å². The number of hydrogen-bond donors (Lipinski definition) is 1. The van der Waals surface area contributed by atoms with Crippen LogP contribution >= 0.6 is 0 Å². The lowest BCUT2D eigenvalue weighted by Gasteiger charge is -2.29. The Bertz CT molecular complexity index is 182. The average Bonchev–Trinajstić information content (AvgIpc) is 2.17. The van der Waals surface area contributed by atoms with Crippen molar-refractivity contribution >= 4 is 5.97 Å². The molecule has 0 spiro atoms. The third-order valence-electron chi connectivity index (χ3n) is 3.01. The van der Waals surface area contributed by atoms with Crippen LogP contribution in [0, 0.1) is 11.8 Å². The minimum Gasteiger partial charge on any atom is -0.466 e. The van der Waals surface area contributed by atoms with E-state index < -0.39 is 0 Å². The summed E-state index contributed by atoms with van der Waals surface area (Å²) in [6.45, 7) is 6.80. The number of carbonyl (C=O) groups excluding carboxylic acids is 1. The number of ether oxygens (including phenoxy) is 1. The molecule has 1 N–H and O–H groups in total. The van der Waals surface area contributed by atoms with E-state index in [1.165, 1.54) is 6.42 Å². The second kappa shape index (κ2) is 6.02. The Morgan fingerprint density at radius 3 is 3.00 bits per heavy atom. The van der Waals surface area contributed by atoms with E-state index in [0.717, 1.165) is 25.4 Å². The molecule has 1 aliphatic rings. The van der Waals surface area contributed by atoms with Crippen molar-refractivity contribution in [3.05, 3.63) is 0 Å². The lowest BCUT2D eigenvalue weighted by atomic mass is 9.85. The summed E-state index contributed by atoms with van der Waals surface area (Å²) < 4.78 is 4.91. The highest BCUT2D eigenvalue weighted by Crippen LogP contribution is 2.22. The van der Waals surface area contributed by atoms with Gasteiger partial charge in [-0.3, -0.25) is 4.79 Å². The van der Waals surface area contributed by atoms with Gasteiger partial charge in [-0.05, 0) is 44.7 Å². The lowest BCUT2D eigenvalue weighted by Crippen LogP contribution is -2.35. The summed E-state index contributed by atoms with van der Waals surface area (Å²) in [5.74, 6) is 1.34. The monoisotopic (exact) mass is 199 g/mol. The van der Waals surface area contributed by atoms with Gasteiger partial charge in [-0.2, -0.15) is 0 Å². The lowest BCUT2D eigenvalue weighted by molar-refractivity contribution is -0.143. The largest absolute Gasteiger partial charge is 0.466 e. The quantitative estimate of drug-likeness (QED) is 0.698. The predicted octanol–water partition coefficient (Wildman–Crippen LogP) is 1.58. The molecule has 0 unspecified atom stereocenters. The van der Waals surface area contributed by atoms with Crippen LogP contribution in [0.3, 0.4) is 0 Å². The van der Waals surface area contributed by atoms with E-state index in [4.69, 9.17) is 4.74 Å². The fourth-order valence-electron chi connectivity index (χ4n) is 1.98. The zero-order chi connectivity index (χ0) is 10.4. The highest BCUT2D eigenvalue weighted by Gasteiger charge is 2.21. The van der Waals surface area contributed by atoms with E-state index in [2.05, 4.69) is 12.2 Å². The van der Waals surface area contributed by atoms with E-state index in [0.29, 0.717) is 18.9 Å². The number of hydrogen-bond acceptors (Lipinski definition) is 3. The summed E-state index contributed by atoms with van der Waals surface area (Å²) in [5, 5.41) is 3.37. The molecule has 0 saturated carbocycles. The molecule has 1 aliphatic heterocycles. The molecule has 82 valence electrons. The van der Waals surface area contributed by atoms with E-state index in [1.807, 2.05) is 6.92 Å². The first-order valence-electron chi connectivity index (χ1n) is 5.60. The summed E-state index contributed by atoms with van der Waals surface area (Å²) in [6, 6.07) is 0. The van der Waals surface area contributed by atoms with Gasteiger partial charge in [0, 0.05) is 6.42 Å². The van der Waals surface area contributed by atoms with Gasteiger partial charge in [0.1, 0.15) is 0 Å². The zero-order valence-corrected chi connectivity index (χ0v) is 9.21. The SMILES string of the molecule is CCOC(=O)CC[C@@H]1CNCC[C@@H]1C. The summed E-state index contributed by atoms with van der Waals surface area (Å²) in [7, 11) is 0. The van der Waals surface area contributed by atoms with Crippen LogP contribution in [0.15, 0.2) is 0 Å². The van der Waals surface area contributed by atoms with Crippen molar-refractivity contribution in [1.82, 2.24) is 5.32 Å². The van der Waals surface area contributed by atoms with Gasteiger partial charge < -0.3 is 10.1 Å². The molecule has 1 rings (SSSR count). The maximum Gasteiger partial charge on any atom is 0.305 e. The van der Waals surface area contributed by atoms with Crippen molar-refractivity contribution < 1.29 is 9.53 Å². The van der Waals surface area contributed by atoms with E-state index in [1.54, 1.807) is 0 Å². The normalized spacial score (nSPS) is 27.3. The van der Waals surface area contributed by atoms with Crippen LogP contribution in [0.4, 0.5) is 0 Å². The summed E-state index contributed by atoms with van der Waals surface area (Å²) in [4.78, 5) is 11.1. The van der Waals surface area contributed by atoms with Crippen molar-refractivity contribution in [2.24, 2.45) is 11.8 Å². The molecule has 1 fully saturated rings. The molecule has 0 aromatic carbocycles. The molecule has 0 bridgehead atoms. The van der Waals surface area contributed by atoms with Gasteiger partial charge in [0.25, 0.3) is 0 Å². The average molecular weight is 199 g/mol. The maximum atomic E-state index is 11.1. The molecule has 0 aromatic rings. The van der Waals surface area contributed by atoms with Crippen LogP contribution in [0.1, 0.15) is 33.1 Å². The molecule has 1 heterocycles. The highest BCUT2D eigenvalue weighted by atomic mass is 16.5. The van der Waals surface area contributed by atoms with Gasteiger partial charge >= 0.3 is 5.97 Å². The Morgan fingerprint density at radius 1 is 1.57 bits per heavy atom. The Balaban J connectivity index is 2.19. The Labute approximate surface area is 86.2 Å². The summed E-state index contributed by atoms with van der Waals surface area (Å²) in [5.41, 5.74) is 0. The predicted molar refractivity (Wildman–Crippen MR) is 56.0 cm³/mol. The Morgan fingerprint density at radius 2 is 2.36 bits per heavy atom. The van der Waals surface area contributed by atoms with Gasteiger partial charge in [0.05, 0.1) is 6.61 Å². The van der Waals surface area contributed by atoms with Crippen molar-refractivity contribution in [2.75, 3.05) is 19.7 Å². The summed E-state index contributed by atoms with van der Waals surface area (Å²) in [6.07, 6.45) is 2.77. The second-order valence-corrected chi connectivity index (χ2v) is 4.07. The van der Waals surface area contributed by atoms with Crippen LogP contribution in [-0.4, -0.2) is 25.7 Å². The first-order valence-corrected chi connectivity index (χ1v) is 5.60. The fourth-order valence-corrected chi connectivity index (χ4v) is 1.98. The molecule has 0 radical (unpaired) electrons. The highest BCUT2D eigenvalue weighted by molar-refractivity contribution is 5.69. The second-order valence-electron chi connectivity index (χ2n) is 4.07. The number of rotatable bonds is 4. The Kier molecular flexibility index (Phi) is 4.94. The van der Waals surface area contributed by atoms with Crippen LogP contribution in [-0.2, 0) is 9.53 Å². The topological polar surface area (TPSA) is 38.3 Å². The molecule has 1 saturated heterocycles. The summed E-state index contributed by atoms with van der Waals surface area (Å²) >= 11 is 0. The van der Waals surface area contributed by atoms with Crippen molar-refractivity contribution in [2.45, 2.75) is 33.1 Å². The van der Waals surface area contributed by atoms with Gasteiger partial charge in [-0.25, -0.2) is 0 Å². The molecule has 0 aliphatic carbocycles. The van der Waals surface area contributed by atoms with Gasteiger partial charge in [0.15, 0.2) is 0 Å². The molecule has 0 amide bonds. The minimum absolute atomic E-state index is 0.0507.